The Balaban J connectivity index is 2.82. The number of ether oxygens (including phenoxy) is 1. The predicted octanol–water partition coefficient (Wildman–Crippen LogP) is 2.67. The van der Waals surface area contributed by atoms with E-state index in [9.17, 15) is 19.3 Å². The summed E-state index contributed by atoms with van der Waals surface area (Å²) in [6.45, 7) is 4.55. The van der Waals surface area contributed by atoms with Crippen LogP contribution in [-0.2, 0) is 4.74 Å². The number of alkyl carbamates (subject to hydrolysis) is 1. The fourth-order valence-electron chi connectivity index (χ4n) is 1.53. The lowest BCUT2D eigenvalue weighted by Gasteiger charge is -2.22. The van der Waals surface area contributed by atoms with Crippen molar-refractivity contribution >= 4 is 6.09 Å². The quantitative estimate of drug-likeness (QED) is 0.680. The van der Waals surface area contributed by atoms with Crippen LogP contribution < -0.4 is 5.32 Å². The zero-order valence-electron chi connectivity index (χ0n) is 11.6. The summed E-state index contributed by atoms with van der Waals surface area (Å²) < 4.78 is 17.9. The molecule has 0 unspecified atom stereocenters. The average Bonchev–Trinajstić information content (AvgIpc) is 2.25. The van der Waals surface area contributed by atoms with E-state index in [1.54, 1.807) is 20.8 Å². The van der Waals surface area contributed by atoms with Crippen LogP contribution in [0.3, 0.4) is 0 Å². The minimum absolute atomic E-state index is 0.439. The largest absolute Gasteiger partial charge is 0.444 e. The van der Waals surface area contributed by atoms with Gasteiger partial charge in [-0.25, -0.2) is 9.18 Å². The molecule has 20 heavy (non-hydrogen) atoms. The highest BCUT2D eigenvalue weighted by Gasteiger charge is 2.23. The third-order valence-corrected chi connectivity index (χ3v) is 2.29. The van der Waals surface area contributed by atoms with Gasteiger partial charge in [-0.15, -0.1) is 0 Å². The van der Waals surface area contributed by atoms with Gasteiger partial charge in [0, 0.05) is 4.92 Å². The van der Waals surface area contributed by atoms with Gasteiger partial charge in [0.2, 0.25) is 6.54 Å². The Morgan fingerprint density at radius 2 is 1.95 bits per heavy atom. The van der Waals surface area contributed by atoms with E-state index in [4.69, 9.17) is 4.74 Å². The Hall–Kier alpha value is -2.18. The Morgan fingerprint density at radius 1 is 1.40 bits per heavy atom. The van der Waals surface area contributed by atoms with Gasteiger partial charge in [-0.2, -0.15) is 0 Å². The molecule has 1 rings (SSSR count). The number of nitrogens with zero attached hydrogens (tertiary/aromatic N) is 1. The molecule has 7 heteroatoms. The van der Waals surface area contributed by atoms with Crippen LogP contribution in [0.15, 0.2) is 24.3 Å². The zero-order chi connectivity index (χ0) is 15.3. The number of carbonyl (C=O) groups excluding carboxylic acids is 1. The molecule has 0 aliphatic rings. The van der Waals surface area contributed by atoms with Crippen molar-refractivity contribution in [1.29, 1.82) is 0 Å². The number of hydrogen-bond donors (Lipinski definition) is 1. The van der Waals surface area contributed by atoms with Crippen molar-refractivity contribution in [1.82, 2.24) is 5.32 Å². The maximum Gasteiger partial charge on any atom is 0.408 e. The van der Waals surface area contributed by atoms with Crippen LogP contribution in [0.5, 0.6) is 0 Å². The number of nitro groups is 1. The van der Waals surface area contributed by atoms with E-state index in [2.05, 4.69) is 5.32 Å². The zero-order valence-corrected chi connectivity index (χ0v) is 11.6. The maximum atomic E-state index is 12.9. The van der Waals surface area contributed by atoms with Gasteiger partial charge in [-0.05, 0) is 38.5 Å². The van der Waals surface area contributed by atoms with Crippen LogP contribution in [0, 0.1) is 15.9 Å². The molecule has 0 fully saturated rings. The highest BCUT2D eigenvalue weighted by Crippen LogP contribution is 2.15. The summed E-state index contributed by atoms with van der Waals surface area (Å²) in [5.41, 5.74) is -0.263. The van der Waals surface area contributed by atoms with Crippen LogP contribution >= 0.6 is 0 Å². The first-order valence-electron chi connectivity index (χ1n) is 6.04. The number of carbonyl (C=O) groups is 1. The summed E-state index contributed by atoms with van der Waals surface area (Å²) in [6.07, 6.45) is -0.756. The molecule has 1 amide bonds. The molecular weight excluding hydrogens is 267 g/mol. The summed E-state index contributed by atoms with van der Waals surface area (Å²) in [6, 6.07) is 4.26. The number of nitrogens with one attached hydrogen (secondary N) is 1. The molecule has 0 radical (unpaired) electrons. The van der Waals surface area contributed by atoms with Crippen molar-refractivity contribution in [3.05, 3.63) is 45.8 Å². The van der Waals surface area contributed by atoms with E-state index >= 15 is 0 Å². The van der Waals surface area contributed by atoms with E-state index in [1.807, 2.05) is 0 Å². The Labute approximate surface area is 116 Å². The minimum atomic E-state index is -0.875. The van der Waals surface area contributed by atoms with Gasteiger partial charge in [0.15, 0.2) is 0 Å². The molecule has 0 aliphatic carbocycles. The summed E-state index contributed by atoms with van der Waals surface area (Å²) >= 11 is 0. The van der Waals surface area contributed by atoms with Gasteiger partial charge in [-0.3, -0.25) is 10.1 Å². The van der Waals surface area contributed by atoms with Crippen LogP contribution in [0.1, 0.15) is 32.4 Å². The molecule has 0 spiro atoms. The van der Waals surface area contributed by atoms with Gasteiger partial charge >= 0.3 is 6.09 Å². The van der Waals surface area contributed by atoms with Gasteiger partial charge in [-0.1, -0.05) is 12.1 Å². The lowest BCUT2D eigenvalue weighted by Crippen LogP contribution is -2.37. The molecule has 0 saturated heterocycles. The SMILES string of the molecule is CC(C)(C)OC(=O)N[C@H](C[N+](=O)[O-])c1ccc(F)cc1. The number of halogens is 1. The van der Waals surface area contributed by atoms with Crippen molar-refractivity contribution in [2.75, 3.05) is 6.54 Å². The van der Waals surface area contributed by atoms with E-state index in [-0.39, 0.29) is 0 Å². The molecule has 1 aromatic carbocycles. The summed E-state index contributed by atoms with van der Waals surface area (Å²) in [5.74, 6) is -0.453. The van der Waals surface area contributed by atoms with Crippen molar-refractivity contribution in [2.24, 2.45) is 0 Å². The Bertz CT molecular complexity index is 482. The third kappa shape index (κ3) is 5.64. The molecule has 6 nitrogen and oxygen atoms in total. The molecule has 0 heterocycles. The fraction of sp³-hybridized carbons (Fsp3) is 0.462. The summed E-state index contributed by atoms with van der Waals surface area (Å²) in [5, 5.41) is 13.1. The topological polar surface area (TPSA) is 81.5 Å². The second-order valence-electron chi connectivity index (χ2n) is 5.27. The number of benzene rings is 1. The first-order valence-corrected chi connectivity index (χ1v) is 6.04. The van der Waals surface area contributed by atoms with Crippen LogP contribution in [0.2, 0.25) is 0 Å². The van der Waals surface area contributed by atoms with E-state index in [1.165, 1.54) is 24.3 Å². The van der Waals surface area contributed by atoms with Crippen molar-refractivity contribution < 1.29 is 18.8 Å². The molecular formula is C13H17FN2O4. The van der Waals surface area contributed by atoms with E-state index in [0.29, 0.717) is 5.56 Å². The molecule has 110 valence electrons. The molecule has 0 bridgehead atoms. The second-order valence-corrected chi connectivity index (χ2v) is 5.27. The maximum absolute atomic E-state index is 12.9. The van der Waals surface area contributed by atoms with E-state index in [0.717, 1.165) is 0 Å². The lowest BCUT2D eigenvalue weighted by atomic mass is 10.1. The van der Waals surface area contributed by atoms with Gasteiger partial charge < -0.3 is 10.1 Å². The Kier molecular flexibility index (Phi) is 5.01. The minimum Gasteiger partial charge on any atom is -0.444 e. The van der Waals surface area contributed by atoms with Crippen molar-refractivity contribution in [2.45, 2.75) is 32.4 Å². The fourth-order valence-corrected chi connectivity index (χ4v) is 1.53. The first-order chi connectivity index (χ1) is 9.17. The molecule has 1 N–H and O–H groups in total. The highest BCUT2D eigenvalue weighted by atomic mass is 19.1. The molecule has 0 aromatic heterocycles. The van der Waals surface area contributed by atoms with Crippen LogP contribution in [0.25, 0.3) is 0 Å². The van der Waals surface area contributed by atoms with Crippen LogP contribution in [-0.4, -0.2) is 23.2 Å². The summed E-state index contributed by atoms with van der Waals surface area (Å²) in [4.78, 5) is 21.8. The lowest BCUT2D eigenvalue weighted by molar-refractivity contribution is -0.484. The van der Waals surface area contributed by atoms with Crippen molar-refractivity contribution in [3.63, 3.8) is 0 Å². The predicted molar refractivity (Wildman–Crippen MR) is 70.4 cm³/mol. The molecule has 0 aliphatic heterocycles. The highest BCUT2D eigenvalue weighted by molar-refractivity contribution is 5.68. The normalized spacial score (nSPS) is 12.6. The summed E-state index contributed by atoms with van der Waals surface area (Å²) in [7, 11) is 0. The second kappa shape index (κ2) is 6.31. The van der Waals surface area contributed by atoms with Gasteiger partial charge in [0.25, 0.3) is 0 Å². The van der Waals surface area contributed by atoms with E-state index < -0.39 is 35.0 Å². The van der Waals surface area contributed by atoms with Crippen molar-refractivity contribution in [3.8, 4) is 0 Å². The number of rotatable bonds is 4. The average molecular weight is 284 g/mol. The third-order valence-electron chi connectivity index (χ3n) is 2.29. The number of hydrogen-bond acceptors (Lipinski definition) is 4. The molecule has 1 atom stereocenters. The molecule has 0 saturated carbocycles. The smallest absolute Gasteiger partial charge is 0.408 e. The standard InChI is InChI=1S/C13H17FN2O4/c1-13(2,3)20-12(17)15-11(8-16(18)19)9-4-6-10(14)7-5-9/h4-7,11H,8H2,1-3H3,(H,15,17)/t11-/m1/s1. The first kappa shape index (κ1) is 15.9. The molecule has 1 aromatic rings. The monoisotopic (exact) mass is 284 g/mol. The van der Waals surface area contributed by atoms with Gasteiger partial charge in [0.1, 0.15) is 17.5 Å². The number of amides is 1. The Morgan fingerprint density at radius 3 is 2.40 bits per heavy atom. The van der Waals surface area contributed by atoms with Gasteiger partial charge in [0.05, 0.1) is 0 Å². The van der Waals surface area contributed by atoms with Crippen LogP contribution in [0.4, 0.5) is 9.18 Å².